The number of nitrogen functional groups attached to an aromatic ring is 1. The maximum Gasteiger partial charge on any atom is 0.304 e. The van der Waals surface area contributed by atoms with Crippen LogP contribution in [0.5, 0.6) is 5.75 Å². The van der Waals surface area contributed by atoms with Gasteiger partial charge in [0.2, 0.25) is 5.91 Å². The topological polar surface area (TPSA) is 117 Å². The van der Waals surface area contributed by atoms with Crippen molar-refractivity contribution in [3.8, 4) is 16.9 Å². The third-order valence-corrected chi connectivity index (χ3v) is 7.36. The Balaban J connectivity index is 1.25. The molecule has 1 saturated heterocycles. The first kappa shape index (κ1) is 24.6. The predicted octanol–water partition coefficient (Wildman–Crippen LogP) is 4.25. The van der Waals surface area contributed by atoms with Gasteiger partial charge in [-0.25, -0.2) is 0 Å². The standard InChI is InChI=1S/C30H31N3O4/c31-29(32)20-8-10-26-21(13-20)14-22-16-25(9-11-27(22)26)37-18-24-15-23(17-28(34)35)30(36)33(24)12-4-7-19-5-2-1-3-6-19/h1-3,5-6,8-11,13,16,23-24H,4,7,12,14-15,17-18H2,(H3,31,32)(H,34,35)/t23-,24-/m0/s1. The smallest absolute Gasteiger partial charge is 0.304 e. The number of fused-ring (bicyclic) bond motifs is 3. The van der Waals surface area contributed by atoms with Crippen LogP contribution in [-0.4, -0.2) is 46.9 Å². The molecule has 0 aromatic heterocycles. The van der Waals surface area contributed by atoms with E-state index in [0.717, 1.165) is 52.8 Å². The van der Waals surface area contributed by atoms with E-state index in [2.05, 4.69) is 18.2 Å². The van der Waals surface area contributed by atoms with Crippen LogP contribution < -0.4 is 10.5 Å². The predicted molar refractivity (Wildman–Crippen MR) is 142 cm³/mol. The van der Waals surface area contributed by atoms with Crippen molar-refractivity contribution in [1.29, 1.82) is 5.41 Å². The van der Waals surface area contributed by atoms with Gasteiger partial charge in [0.25, 0.3) is 0 Å². The Bertz CT molecular complexity index is 1340. The molecule has 1 amide bonds. The molecule has 7 heteroatoms. The summed E-state index contributed by atoms with van der Waals surface area (Å²) >= 11 is 0. The first-order valence-corrected chi connectivity index (χ1v) is 12.7. The van der Waals surface area contributed by atoms with Crippen LogP contribution in [0.2, 0.25) is 0 Å². The minimum atomic E-state index is -0.949. The van der Waals surface area contributed by atoms with E-state index in [1.54, 1.807) is 0 Å². The lowest BCUT2D eigenvalue weighted by Gasteiger charge is -2.25. The Labute approximate surface area is 216 Å². The van der Waals surface area contributed by atoms with Crippen molar-refractivity contribution < 1.29 is 19.4 Å². The summed E-state index contributed by atoms with van der Waals surface area (Å²) in [6.07, 6.45) is 2.76. The minimum Gasteiger partial charge on any atom is -0.491 e. The summed E-state index contributed by atoms with van der Waals surface area (Å²) in [5.74, 6) is -0.752. The monoisotopic (exact) mass is 497 g/mol. The maximum absolute atomic E-state index is 13.0. The number of nitrogens with zero attached hydrogens (tertiary/aromatic N) is 1. The Kier molecular flexibility index (Phi) is 6.95. The molecule has 4 N–H and O–H groups in total. The van der Waals surface area contributed by atoms with E-state index in [4.69, 9.17) is 15.9 Å². The molecule has 190 valence electrons. The summed E-state index contributed by atoms with van der Waals surface area (Å²) in [5.41, 5.74) is 12.2. The van der Waals surface area contributed by atoms with Crippen LogP contribution in [-0.2, 0) is 22.4 Å². The van der Waals surface area contributed by atoms with Gasteiger partial charge < -0.3 is 20.5 Å². The third kappa shape index (κ3) is 5.35. The highest BCUT2D eigenvalue weighted by atomic mass is 16.5. The summed E-state index contributed by atoms with van der Waals surface area (Å²) in [5, 5.41) is 17.0. The number of hydrogen-bond donors (Lipinski definition) is 3. The number of amidine groups is 1. The van der Waals surface area contributed by atoms with Gasteiger partial charge in [0, 0.05) is 12.1 Å². The van der Waals surface area contributed by atoms with Crippen LogP contribution in [0.3, 0.4) is 0 Å². The molecule has 0 unspecified atom stereocenters. The van der Waals surface area contributed by atoms with Crippen molar-refractivity contribution in [2.75, 3.05) is 13.2 Å². The molecular weight excluding hydrogens is 466 g/mol. The van der Waals surface area contributed by atoms with Gasteiger partial charge >= 0.3 is 5.97 Å². The molecule has 2 atom stereocenters. The first-order chi connectivity index (χ1) is 17.9. The zero-order chi connectivity index (χ0) is 25.9. The molecule has 37 heavy (non-hydrogen) atoms. The second-order valence-corrected chi connectivity index (χ2v) is 9.90. The highest BCUT2D eigenvalue weighted by molar-refractivity contribution is 5.96. The number of amides is 1. The first-order valence-electron chi connectivity index (χ1n) is 12.7. The second kappa shape index (κ2) is 10.5. The van der Waals surface area contributed by atoms with E-state index in [0.29, 0.717) is 19.6 Å². The highest BCUT2D eigenvalue weighted by Gasteiger charge is 2.40. The van der Waals surface area contributed by atoms with Crippen molar-refractivity contribution in [3.05, 3.63) is 89.0 Å². The minimum absolute atomic E-state index is 0.0587. The van der Waals surface area contributed by atoms with E-state index in [-0.39, 0.29) is 24.2 Å². The number of nitrogens with one attached hydrogen (secondary N) is 1. The number of benzene rings is 3. The van der Waals surface area contributed by atoms with E-state index < -0.39 is 11.9 Å². The third-order valence-electron chi connectivity index (χ3n) is 7.36. The fourth-order valence-corrected chi connectivity index (χ4v) is 5.54. The van der Waals surface area contributed by atoms with Gasteiger partial charge in [-0.3, -0.25) is 15.0 Å². The fourth-order valence-electron chi connectivity index (χ4n) is 5.54. The molecule has 7 nitrogen and oxygen atoms in total. The quantitative estimate of drug-likeness (QED) is 0.224. The average Bonchev–Trinajstić information content (AvgIpc) is 3.39. The molecule has 3 aromatic carbocycles. The molecule has 3 aromatic rings. The molecule has 0 bridgehead atoms. The zero-order valence-corrected chi connectivity index (χ0v) is 20.7. The number of aryl methyl sites for hydroxylation is 1. The van der Waals surface area contributed by atoms with Crippen LogP contribution in [0, 0.1) is 11.3 Å². The molecule has 1 aliphatic carbocycles. The van der Waals surface area contributed by atoms with Gasteiger partial charge in [0.05, 0.1) is 18.4 Å². The second-order valence-electron chi connectivity index (χ2n) is 9.90. The molecule has 0 radical (unpaired) electrons. The Hall–Kier alpha value is -4.13. The van der Waals surface area contributed by atoms with E-state index in [9.17, 15) is 14.7 Å². The van der Waals surface area contributed by atoms with E-state index in [1.807, 2.05) is 53.4 Å². The molecule has 1 fully saturated rings. The summed E-state index contributed by atoms with van der Waals surface area (Å²) in [6.45, 7) is 0.906. The van der Waals surface area contributed by atoms with Crippen LogP contribution >= 0.6 is 0 Å². The van der Waals surface area contributed by atoms with Crippen molar-refractivity contribution in [2.24, 2.45) is 11.7 Å². The number of carboxylic acid groups (broad SMARTS) is 1. The van der Waals surface area contributed by atoms with Crippen LogP contribution in [0.1, 0.15) is 41.5 Å². The van der Waals surface area contributed by atoms with Gasteiger partial charge in [-0.05, 0) is 71.7 Å². The number of carbonyl (C=O) groups excluding carboxylic acids is 1. The Morgan fingerprint density at radius 3 is 2.51 bits per heavy atom. The lowest BCUT2D eigenvalue weighted by molar-refractivity contribution is -0.142. The Morgan fingerprint density at radius 1 is 1.05 bits per heavy atom. The molecule has 1 aliphatic heterocycles. The zero-order valence-electron chi connectivity index (χ0n) is 20.7. The van der Waals surface area contributed by atoms with Crippen molar-refractivity contribution in [3.63, 3.8) is 0 Å². The van der Waals surface area contributed by atoms with Crippen molar-refractivity contribution in [1.82, 2.24) is 4.90 Å². The molecule has 5 rings (SSSR count). The van der Waals surface area contributed by atoms with Gasteiger partial charge in [-0.2, -0.15) is 0 Å². The lowest BCUT2D eigenvalue weighted by atomic mass is 10.0. The fraction of sp³-hybridized carbons (Fsp3) is 0.300. The number of carboxylic acids is 1. The van der Waals surface area contributed by atoms with E-state index in [1.165, 1.54) is 5.56 Å². The van der Waals surface area contributed by atoms with Crippen molar-refractivity contribution in [2.45, 2.75) is 38.1 Å². The van der Waals surface area contributed by atoms with Crippen LogP contribution in [0.25, 0.3) is 11.1 Å². The van der Waals surface area contributed by atoms with E-state index >= 15 is 0 Å². The molecule has 0 spiro atoms. The van der Waals surface area contributed by atoms with Gasteiger partial charge in [0.1, 0.15) is 18.2 Å². The van der Waals surface area contributed by atoms with Gasteiger partial charge in [0.15, 0.2) is 0 Å². The van der Waals surface area contributed by atoms with Crippen molar-refractivity contribution >= 4 is 17.7 Å². The lowest BCUT2D eigenvalue weighted by Crippen LogP contribution is -2.38. The molecular formula is C30H31N3O4. The average molecular weight is 498 g/mol. The number of rotatable bonds is 10. The molecule has 0 saturated carbocycles. The maximum atomic E-state index is 13.0. The number of likely N-dealkylation sites (tertiary alicyclic amines) is 1. The normalized spacial score (nSPS) is 17.9. The van der Waals surface area contributed by atoms with Gasteiger partial charge in [-0.15, -0.1) is 0 Å². The highest BCUT2D eigenvalue weighted by Crippen LogP contribution is 2.39. The number of aliphatic carboxylic acids is 1. The van der Waals surface area contributed by atoms with Crippen LogP contribution in [0.4, 0.5) is 0 Å². The van der Waals surface area contributed by atoms with Gasteiger partial charge in [-0.1, -0.05) is 48.5 Å². The summed E-state index contributed by atoms with van der Waals surface area (Å²) in [6, 6.07) is 21.9. The summed E-state index contributed by atoms with van der Waals surface area (Å²) < 4.78 is 6.18. The van der Waals surface area contributed by atoms with Crippen LogP contribution in [0.15, 0.2) is 66.7 Å². The number of ether oxygens (including phenoxy) is 1. The molecule has 1 heterocycles. The number of nitrogens with two attached hydrogens (primary N) is 1. The number of hydrogen-bond acceptors (Lipinski definition) is 4. The molecule has 2 aliphatic rings. The Morgan fingerprint density at radius 2 is 1.78 bits per heavy atom. The largest absolute Gasteiger partial charge is 0.491 e. The number of carbonyl (C=O) groups is 2. The SMILES string of the molecule is N=C(N)c1ccc2c(c1)Cc1cc(OC[C@@H]3C[C@@H](CC(=O)O)C(=O)N3CCCc3ccccc3)ccc1-2. The summed E-state index contributed by atoms with van der Waals surface area (Å²) in [7, 11) is 0. The summed E-state index contributed by atoms with van der Waals surface area (Å²) in [4.78, 5) is 26.2.